The normalized spacial score (nSPS) is 17.7. The maximum absolute atomic E-state index is 13.0. The molecule has 138 valence electrons. The van der Waals surface area contributed by atoms with Gasteiger partial charge in [0.1, 0.15) is 5.82 Å². The molecule has 26 heavy (non-hydrogen) atoms. The largest absolute Gasteiger partial charge is 0.339 e. The topological polar surface area (TPSA) is 60.9 Å². The zero-order valence-electron chi connectivity index (χ0n) is 14.6. The Bertz CT molecular complexity index is 705. The zero-order valence-corrected chi connectivity index (χ0v) is 14.6. The number of amides is 3. The zero-order chi connectivity index (χ0) is 18.7. The molecule has 7 heteroatoms. The maximum atomic E-state index is 13.0. The minimum absolute atomic E-state index is 0.0644. The third-order valence-corrected chi connectivity index (χ3v) is 4.92. The van der Waals surface area contributed by atoms with Crippen LogP contribution in [0.1, 0.15) is 16.8 Å². The summed E-state index contributed by atoms with van der Waals surface area (Å²) >= 11 is 0. The van der Waals surface area contributed by atoms with Crippen LogP contribution in [0.4, 0.5) is 4.39 Å². The molecule has 1 aromatic carbocycles. The van der Waals surface area contributed by atoms with Gasteiger partial charge in [0.25, 0.3) is 5.91 Å². The lowest BCUT2D eigenvalue weighted by Crippen LogP contribution is -2.54. The van der Waals surface area contributed by atoms with Crippen LogP contribution in [0.25, 0.3) is 0 Å². The van der Waals surface area contributed by atoms with Crippen molar-refractivity contribution in [3.8, 4) is 0 Å². The summed E-state index contributed by atoms with van der Waals surface area (Å²) in [5, 5.41) is 0. The first-order valence-electron chi connectivity index (χ1n) is 8.72. The van der Waals surface area contributed by atoms with E-state index in [0.29, 0.717) is 51.3 Å². The minimum atomic E-state index is -0.374. The lowest BCUT2D eigenvalue weighted by Gasteiger charge is -2.40. The molecule has 1 aromatic rings. The summed E-state index contributed by atoms with van der Waals surface area (Å²) in [5.74, 6) is -0.350. The molecule has 2 aliphatic heterocycles. The Morgan fingerprint density at radius 1 is 1.00 bits per heavy atom. The molecule has 6 nitrogen and oxygen atoms in total. The molecule has 2 heterocycles. The van der Waals surface area contributed by atoms with Gasteiger partial charge in [0, 0.05) is 57.2 Å². The number of piperazine rings is 1. The van der Waals surface area contributed by atoms with Gasteiger partial charge in [-0.05, 0) is 30.3 Å². The number of nitrogens with zero attached hydrogens (tertiary/aromatic N) is 3. The summed E-state index contributed by atoms with van der Waals surface area (Å²) in [6.07, 6.45) is 1.71. The monoisotopic (exact) mass is 359 g/mol. The molecule has 0 aromatic heterocycles. The Labute approximate surface area is 151 Å². The van der Waals surface area contributed by atoms with E-state index in [1.54, 1.807) is 14.7 Å². The first kappa shape index (κ1) is 18.1. The van der Waals surface area contributed by atoms with Gasteiger partial charge in [-0.15, -0.1) is 0 Å². The summed E-state index contributed by atoms with van der Waals surface area (Å²) in [6, 6.07) is 5.49. The van der Waals surface area contributed by atoms with E-state index in [1.165, 1.54) is 30.3 Å². The summed E-state index contributed by atoms with van der Waals surface area (Å²) in [5.41, 5.74) is 0.452. The third-order valence-electron chi connectivity index (χ3n) is 4.92. The Morgan fingerprint density at radius 3 is 2.15 bits per heavy atom. The average Bonchev–Trinajstić information content (AvgIpc) is 2.63. The van der Waals surface area contributed by atoms with Crippen molar-refractivity contribution in [3.63, 3.8) is 0 Å². The molecule has 2 fully saturated rings. The molecular weight excluding hydrogens is 337 g/mol. The van der Waals surface area contributed by atoms with Gasteiger partial charge >= 0.3 is 0 Å². The lowest BCUT2D eigenvalue weighted by atomic mass is 9.95. The first-order chi connectivity index (χ1) is 12.5. The van der Waals surface area contributed by atoms with Crippen LogP contribution >= 0.6 is 0 Å². The Balaban J connectivity index is 1.44. The van der Waals surface area contributed by atoms with Crippen molar-refractivity contribution in [1.82, 2.24) is 14.7 Å². The minimum Gasteiger partial charge on any atom is -0.339 e. The van der Waals surface area contributed by atoms with Gasteiger partial charge in [-0.25, -0.2) is 4.39 Å². The van der Waals surface area contributed by atoms with Crippen molar-refractivity contribution in [2.24, 2.45) is 5.92 Å². The van der Waals surface area contributed by atoms with E-state index in [1.807, 2.05) is 0 Å². The predicted octanol–water partition coefficient (Wildman–Crippen LogP) is 1.14. The van der Waals surface area contributed by atoms with E-state index in [4.69, 9.17) is 0 Å². The van der Waals surface area contributed by atoms with Crippen molar-refractivity contribution >= 4 is 17.7 Å². The van der Waals surface area contributed by atoms with Crippen LogP contribution in [-0.2, 0) is 9.59 Å². The predicted molar refractivity (Wildman–Crippen MR) is 93.8 cm³/mol. The molecule has 0 saturated carbocycles. The van der Waals surface area contributed by atoms with E-state index in [2.05, 4.69) is 6.58 Å². The van der Waals surface area contributed by atoms with Gasteiger partial charge < -0.3 is 14.7 Å². The molecule has 2 aliphatic rings. The lowest BCUT2D eigenvalue weighted by molar-refractivity contribution is -0.139. The second-order valence-electron chi connectivity index (χ2n) is 6.70. The molecule has 2 saturated heterocycles. The molecule has 3 rings (SSSR count). The van der Waals surface area contributed by atoms with Gasteiger partial charge in [-0.2, -0.15) is 0 Å². The summed E-state index contributed by atoms with van der Waals surface area (Å²) in [6.45, 7) is 6.57. The van der Waals surface area contributed by atoms with Crippen LogP contribution in [0.5, 0.6) is 0 Å². The van der Waals surface area contributed by atoms with Crippen molar-refractivity contribution in [2.75, 3.05) is 39.3 Å². The van der Waals surface area contributed by atoms with E-state index in [-0.39, 0.29) is 29.5 Å². The maximum Gasteiger partial charge on any atom is 0.253 e. The number of rotatable bonds is 4. The van der Waals surface area contributed by atoms with E-state index in [0.717, 1.165) is 0 Å². The van der Waals surface area contributed by atoms with Crippen LogP contribution in [0.15, 0.2) is 36.9 Å². The second-order valence-corrected chi connectivity index (χ2v) is 6.70. The first-order valence-corrected chi connectivity index (χ1v) is 8.72. The average molecular weight is 359 g/mol. The van der Waals surface area contributed by atoms with Crippen molar-refractivity contribution in [2.45, 2.75) is 6.42 Å². The molecule has 0 N–H and O–H groups in total. The van der Waals surface area contributed by atoms with Gasteiger partial charge in [0.15, 0.2) is 0 Å². The van der Waals surface area contributed by atoms with E-state index < -0.39 is 0 Å². The highest BCUT2D eigenvalue weighted by atomic mass is 19.1. The van der Waals surface area contributed by atoms with Crippen molar-refractivity contribution < 1.29 is 18.8 Å². The van der Waals surface area contributed by atoms with Gasteiger partial charge in [-0.3, -0.25) is 14.4 Å². The van der Waals surface area contributed by atoms with Crippen LogP contribution in [0, 0.1) is 11.7 Å². The van der Waals surface area contributed by atoms with E-state index in [9.17, 15) is 18.8 Å². The standard InChI is InChI=1S/C19H22FN3O3/c1-2-17(24)23-12-14(13-23)11-18(25)21-7-9-22(10-8-21)19(26)15-3-5-16(20)6-4-15/h2-6,14H,1,7-13H2. The van der Waals surface area contributed by atoms with Gasteiger partial charge in [-0.1, -0.05) is 6.58 Å². The highest BCUT2D eigenvalue weighted by Gasteiger charge is 2.33. The molecule has 0 aliphatic carbocycles. The number of carbonyl (C=O) groups is 3. The number of halogens is 1. The molecule has 0 radical (unpaired) electrons. The van der Waals surface area contributed by atoms with Crippen LogP contribution in [0.3, 0.4) is 0 Å². The summed E-state index contributed by atoms with van der Waals surface area (Å²) in [4.78, 5) is 41.3. The molecule has 0 bridgehead atoms. The molecule has 0 unspecified atom stereocenters. The fraction of sp³-hybridized carbons (Fsp3) is 0.421. The summed E-state index contributed by atoms with van der Waals surface area (Å²) in [7, 11) is 0. The van der Waals surface area contributed by atoms with Gasteiger partial charge in [0.05, 0.1) is 0 Å². The highest BCUT2D eigenvalue weighted by Crippen LogP contribution is 2.21. The highest BCUT2D eigenvalue weighted by molar-refractivity contribution is 5.94. The Morgan fingerprint density at radius 2 is 1.58 bits per heavy atom. The number of benzene rings is 1. The smallest absolute Gasteiger partial charge is 0.253 e. The van der Waals surface area contributed by atoms with E-state index >= 15 is 0 Å². The van der Waals surface area contributed by atoms with Crippen molar-refractivity contribution in [1.29, 1.82) is 0 Å². The van der Waals surface area contributed by atoms with Crippen LogP contribution in [-0.4, -0.2) is 71.7 Å². The Hall–Kier alpha value is -2.70. The molecule has 0 spiro atoms. The number of hydrogen-bond donors (Lipinski definition) is 0. The second kappa shape index (κ2) is 7.68. The molecule has 3 amide bonds. The quantitative estimate of drug-likeness (QED) is 0.758. The molecular formula is C19H22FN3O3. The summed E-state index contributed by atoms with van der Waals surface area (Å²) < 4.78 is 13.0. The number of likely N-dealkylation sites (tertiary alicyclic amines) is 1. The number of hydrogen-bond acceptors (Lipinski definition) is 3. The van der Waals surface area contributed by atoms with Crippen molar-refractivity contribution in [3.05, 3.63) is 48.3 Å². The SMILES string of the molecule is C=CC(=O)N1CC(CC(=O)N2CCN(C(=O)c3ccc(F)cc3)CC2)C1. The van der Waals surface area contributed by atoms with Crippen LogP contribution < -0.4 is 0 Å². The van der Waals surface area contributed by atoms with Gasteiger partial charge in [0.2, 0.25) is 11.8 Å². The fourth-order valence-electron chi connectivity index (χ4n) is 3.32. The molecule has 0 atom stereocenters. The fourth-order valence-corrected chi connectivity index (χ4v) is 3.32. The number of carbonyl (C=O) groups excluding carboxylic acids is 3. The third kappa shape index (κ3) is 3.92. The van der Waals surface area contributed by atoms with Crippen LogP contribution in [0.2, 0.25) is 0 Å². The Kier molecular flexibility index (Phi) is 5.35.